The SMILES string of the molecule is CCN(c1ccc(F)cc1)S(=O)[O-]. The van der Waals surface area contributed by atoms with Crippen molar-refractivity contribution in [3.05, 3.63) is 30.1 Å². The molecular weight excluding hydrogens is 193 g/mol. The van der Waals surface area contributed by atoms with E-state index in [2.05, 4.69) is 0 Å². The third kappa shape index (κ3) is 2.50. The van der Waals surface area contributed by atoms with Crippen molar-refractivity contribution in [3.63, 3.8) is 0 Å². The van der Waals surface area contributed by atoms with Gasteiger partial charge in [0.1, 0.15) is 5.82 Å². The maximum atomic E-state index is 12.5. The molecule has 0 aliphatic rings. The van der Waals surface area contributed by atoms with Gasteiger partial charge in [0.25, 0.3) is 0 Å². The minimum absolute atomic E-state index is 0.335. The number of rotatable bonds is 3. The maximum absolute atomic E-state index is 12.5. The molecule has 1 atom stereocenters. The Kier molecular flexibility index (Phi) is 3.39. The highest BCUT2D eigenvalue weighted by Gasteiger charge is 2.03. The molecule has 1 aromatic rings. The summed E-state index contributed by atoms with van der Waals surface area (Å²) >= 11 is -2.30. The standard InChI is InChI=1S/C8H10FNO2S/c1-2-10(13(11)12)8-5-3-7(9)4-6-8/h3-6H,2H2,1H3,(H,11,12)/p-1. The van der Waals surface area contributed by atoms with Crippen molar-refractivity contribution in [2.24, 2.45) is 0 Å². The molecular formula is C8H9FNO2S-. The molecule has 0 saturated heterocycles. The molecule has 0 aromatic heterocycles. The third-order valence-electron chi connectivity index (χ3n) is 1.58. The summed E-state index contributed by atoms with van der Waals surface area (Å²) in [4.78, 5) is 0. The van der Waals surface area contributed by atoms with Crippen LogP contribution in [-0.4, -0.2) is 15.3 Å². The summed E-state index contributed by atoms with van der Waals surface area (Å²) in [5.74, 6) is -0.378. The van der Waals surface area contributed by atoms with Crippen molar-refractivity contribution in [2.45, 2.75) is 6.92 Å². The average molecular weight is 202 g/mol. The second kappa shape index (κ2) is 4.34. The van der Waals surface area contributed by atoms with Crippen LogP contribution in [-0.2, 0) is 11.3 Å². The Bertz CT molecular complexity index is 302. The zero-order valence-electron chi connectivity index (χ0n) is 7.07. The van der Waals surface area contributed by atoms with Gasteiger partial charge in [-0.05, 0) is 31.2 Å². The lowest BCUT2D eigenvalue weighted by atomic mass is 10.3. The van der Waals surface area contributed by atoms with Gasteiger partial charge in [-0.15, -0.1) is 0 Å². The topological polar surface area (TPSA) is 43.4 Å². The Labute approximate surface area is 78.6 Å². The molecule has 0 radical (unpaired) electrons. The van der Waals surface area contributed by atoms with Crippen LogP contribution in [0, 0.1) is 5.82 Å². The van der Waals surface area contributed by atoms with Crippen LogP contribution in [0.2, 0.25) is 0 Å². The first-order valence-corrected chi connectivity index (χ1v) is 4.81. The Hall–Kier alpha value is -0.940. The lowest BCUT2D eigenvalue weighted by Crippen LogP contribution is -2.24. The molecule has 72 valence electrons. The number of benzene rings is 1. The monoisotopic (exact) mass is 202 g/mol. The van der Waals surface area contributed by atoms with Gasteiger partial charge < -0.3 is 8.86 Å². The quantitative estimate of drug-likeness (QED) is 0.696. The molecule has 0 heterocycles. The van der Waals surface area contributed by atoms with Crippen LogP contribution >= 0.6 is 0 Å². The largest absolute Gasteiger partial charge is 0.755 e. The lowest BCUT2D eigenvalue weighted by Gasteiger charge is -2.24. The van der Waals surface area contributed by atoms with E-state index in [0.717, 1.165) is 4.31 Å². The Morgan fingerprint density at radius 2 is 2.00 bits per heavy atom. The number of nitrogens with zero attached hydrogens (tertiary/aromatic N) is 1. The van der Waals surface area contributed by atoms with Gasteiger partial charge in [0.15, 0.2) is 0 Å². The van der Waals surface area contributed by atoms with E-state index < -0.39 is 11.3 Å². The van der Waals surface area contributed by atoms with Gasteiger partial charge >= 0.3 is 0 Å². The van der Waals surface area contributed by atoms with Crippen LogP contribution in [0.3, 0.4) is 0 Å². The zero-order valence-corrected chi connectivity index (χ0v) is 7.88. The Morgan fingerprint density at radius 1 is 1.46 bits per heavy atom. The van der Waals surface area contributed by atoms with Crippen LogP contribution in [0.15, 0.2) is 24.3 Å². The predicted octanol–water partition coefficient (Wildman–Crippen LogP) is 1.45. The minimum atomic E-state index is -2.30. The maximum Gasteiger partial charge on any atom is 0.123 e. The van der Waals surface area contributed by atoms with Crippen molar-refractivity contribution in [1.82, 2.24) is 0 Å². The predicted molar refractivity (Wildman–Crippen MR) is 48.3 cm³/mol. The number of hydrogen-bond acceptors (Lipinski definition) is 2. The minimum Gasteiger partial charge on any atom is -0.755 e. The van der Waals surface area contributed by atoms with E-state index in [1.165, 1.54) is 24.3 Å². The molecule has 13 heavy (non-hydrogen) atoms. The van der Waals surface area contributed by atoms with Crippen LogP contribution in [0.5, 0.6) is 0 Å². The molecule has 1 aromatic carbocycles. The molecule has 0 amide bonds. The molecule has 5 heteroatoms. The fourth-order valence-corrected chi connectivity index (χ4v) is 1.49. The van der Waals surface area contributed by atoms with Gasteiger partial charge in [0, 0.05) is 23.5 Å². The Balaban J connectivity index is 2.92. The van der Waals surface area contributed by atoms with Gasteiger partial charge in [-0.2, -0.15) is 0 Å². The van der Waals surface area contributed by atoms with Crippen molar-refractivity contribution in [3.8, 4) is 0 Å². The molecule has 0 aliphatic carbocycles. The molecule has 0 N–H and O–H groups in total. The first-order chi connectivity index (χ1) is 6.15. The van der Waals surface area contributed by atoms with E-state index in [-0.39, 0.29) is 5.82 Å². The van der Waals surface area contributed by atoms with E-state index in [4.69, 9.17) is 0 Å². The fraction of sp³-hybridized carbons (Fsp3) is 0.250. The van der Waals surface area contributed by atoms with Crippen molar-refractivity contribution < 1.29 is 13.2 Å². The average Bonchev–Trinajstić information content (AvgIpc) is 2.09. The van der Waals surface area contributed by atoms with E-state index in [0.29, 0.717) is 12.2 Å². The van der Waals surface area contributed by atoms with Crippen molar-refractivity contribution >= 4 is 17.0 Å². The molecule has 0 fully saturated rings. The summed E-state index contributed by atoms with van der Waals surface area (Å²) in [5, 5.41) is 0. The van der Waals surface area contributed by atoms with Gasteiger partial charge in [-0.3, -0.25) is 4.21 Å². The second-order valence-electron chi connectivity index (χ2n) is 2.39. The molecule has 3 nitrogen and oxygen atoms in total. The normalized spacial score (nSPS) is 12.5. The van der Waals surface area contributed by atoms with Crippen LogP contribution < -0.4 is 4.31 Å². The first kappa shape index (κ1) is 10.1. The summed E-state index contributed by atoms with van der Waals surface area (Å²) in [7, 11) is 0. The van der Waals surface area contributed by atoms with Crippen LogP contribution in [0.4, 0.5) is 10.1 Å². The van der Waals surface area contributed by atoms with Gasteiger partial charge in [0.05, 0.1) is 0 Å². The highest BCUT2D eigenvalue weighted by Crippen LogP contribution is 2.15. The van der Waals surface area contributed by atoms with Crippen LogP contribution in [0.25, 0.3) is 0 Å². The van der Waals surface area contributed by atoms with E-state index in [1.54, 1.807) is 6.92 Å². The summed E-state index contributed by atoms with van der Waals surface area (Å²) < 4.78 is 34.9. The van der Waals surface area contributed by atoms with E-state index in [9.17, 15) is 13.2 Å². The lowest BCUT2D eigenvalue weighted by molar-refractivity contribution is 0.533. The molecule has 1 unspecified atom stereocenters. The highest BCUT2D eigenvalue weighted by molar-refractivity contribution is 7.80. The van der Waals surface area contributed by atoms with E-state index in [1.807, 2.05) is 0 Å². The van der Waals surface area contributed by atoms with Crippen molar-refractivity contribution in [1.29, 1.82) is 0 Å². The summed E-state index contributed by atoms with van der Waals surface area (Å²) in [6.45, 7) is 2.04. The number of hydrogen-bond donors (Lipinski definition) is 0. The van der Waals surface area contributed by atoms with E-state index >= 15 is 0 Å². The Morgan fingerprint density at radius 3 is 2.38 bits per heavy atom. The fourth-order valence-electron chi connectivity index (χ4n) is 0.981. The molecule has 0 spiro atoms. The number of anilines is 1. The molecule has 0 aliphatic heterocycles. The zero-order chi connectivity index (χ0) is 9.84. The van der Waals surface area contributed by atoms with Gasteiger partial charge in [-0.25, -0.2) is 4.39 Å². The first-order valence-electron chi connectivity index (χ1n) is 3.77. The van der Waals surface area contributed by atoms with Gasteiger partial charge in [0.2, 0.25) is 0 Å². The summed E-state index contributed by atoms with van der Waals surface area (Å²) in [6.07, 6.45) is 0. The van der Waals surface area contributed by atoms with Crippen LogP contribution in [0.1, 0.15) is 6.92 Å². The molecule has 0 bridgehead atoms. The second-order valence-corrected chi connectivity index (χ2v) is 3.26. The number of halogens is 1. The molecule has 0 saturated carbocycles. The summed E-state index contributed by atoms with van der Waals surface area (Å²) in [5.41, 5.74) is 0.470. The van der Waals surface area contributed by atoms with Crippen molar-refractivity contribution in [2.75, 3.05) is 10.8 Å². The van der Waals surface area contributed by atoms with Gasteiger partial charge in [-0.1, -0.05) is 0 Å². The highest BCUT2D eigenvalue weighted by atomic mass is 32.2. The smallest absolute Gasteiger partial charge is 0.123 e. The summed E-state index contributed by atoms with van der Waals surface area (Å²) in [6, 6.07) is 5.30. The third-order valence-corrected chi connectivity index (χ3v) is 2.41. The molecule has 1 rings (SSSR count).